The molecule has 3 fully saturated rings. The second-order valence-corrected chi connectivity index (χ2v) is 16.4. The standard InChI is InChI=1S/C44H55N5O7/c1-8-30(39(45-9-2)25(4)54-7)40-32-21-44(5,6)24-56-43(53)35-12-11-15-49(47-35)42(52)36(46-41(51)38-33-22-55-23-34(33)38)18-26-16-28(19-29(50)17-26)27-13-14-37(31(32)20-27)48(40)10-3/h8-9,13-14,16-17,19-20,25,33-36,38,47,50H,1,10-12,15,18,21-24H2,2-7H3,(H,46,51)/b39-30+,45-9-/t25-,33-,34+,35-,36-,38?/m0/s1. The summed E-state index contributed by atoms with van der Waals surface area (Å²) >= 11 is 0. The highest BCUT2D eigenvalue weighted by molar-refractivity contribution is 5.96. The zero-order chi connectivity index (χ0) is 39.9. The number of cyclic esters (lactones) is 1. The van der Waals surface area contributed by atoms with E-state index in [-0.39, 0.29) is 54.4 Å². The SMILES string of the molecule is C=C/C(=C(\N=C/C)[C@H](C)OC)c1c2c3cc(ccc3n1CC)-c1cc(O)cc(c1)C[C@H](NC(=O)C1[C@H]3COC[C@@H]13)C(=O)N1CCC[C@H](N1)C(=O)OCC(C)(C)C2. The number of carbonyl (C=O) groups is 3. The van der Waals surface area contributed by atoms with Crippen LogP contribution in [0.3, 0.4) is 0 Å². The minimum atomic E-state index is -0.937. The number of fused-ring (bicyclic) bond motifs is 7. The monoisotopic (exact) mass is 765 g/mol. The van der Waals surface area contributed by atoms with E-state index in [0.717, 1.165) is 44.6 Å². The highest BCUT2D eigenvalue weighted by atomic mass is 16.5. The number of carbonyl (C=O) groups excluding carboxylic acids is 3. The van der Waals surface area contributed by atoms with Crippen molar-refractivity contribution in [1.29, 1.82) is 0 Å². The van der Waals surface area contributed by atoms with Crippen LogP contribution in [0.2, 0.25) is 0 Å². The van der Waals surface area contributed by atoms with Gasteiger partial charge >= 0.3 is 5.97 Å². The third kappa shape index (κ3) is 7.66. The third-order valence-corrected chi connectivity index (χ3v) is 11.8. The predicted molar refractivity (Wildman–Crippen MR) is 216 cm³/mol. The number of benzene rings is 2. The molecule has 298 valence electrons. The van der Waals surface area contributed by atoms with E-state index >= 15 is 0 Å². The summed E-state index contributed by atoms with van der Waals surface area (Å²) in [6.45, 7) is 16.7. The fraction of sp³-hybridized carbons (Fsp3) is 0.500. The first kappa shape index (κ1) is 39.5. The third-order valence-electron chi connectivity index (χ3n) is 11.8. The minimum absolute atomic E-state index is 0.0537. The van der Waals surface area contributed by atoms with E-state index in [2.05, 4.69) is 54.8 Å². The van der Waals surface area contributed by atoms with E-state index in [1.807, 2.05) is 32.1 Å². The average Bonchev–Trinajstić information content (AvgIpc) is 3.51. The number of hydrogen-bond donors (Lipinski definition) is 3. The van der Waals surface area contributed by atoms with Crippen molar-refractivity contribution >= 4 is 40.5 Å². The molecule has 2 aromatic carbocycles. The molecule has 2 saturated heterocycles. The lowest BCUT2D eigenvalue weighted by atomic mass is 9.84. The molecule has 1 saturated carbocycles. The van der Waals surface area contributed by atoms with Gasteiger partial charge < -0.3 is 29.2 Å². The zero-order valence-electron chi connectivity index (χ0n) is 33.4. The van der Waals surface area contributed by atoms with Crippen LogP contribution in [0.25, 0.3) is 27.6 Å². The number of aliphatic imine (C=N–C) groups is 1. The molecule has 1 unspecified atom stereocenters. The van der Waals surface area contributed by atoms with Crippen LogP contribution in [0.4, 0.5) is 0 Å². The van der Waals surface area contributed by atoms with Crippen LogP contribution in [0.5, 0.6) is 5.75 Å². The molecule has 2 amide bonds. The van der Waals surface area contributed by atoms with Gasteiger partial charge in [0.05, 0.1) is 37.3 Å². The summed E-state index contributed by atoms with van der Waals surface area (Å²) in [5.74, 6) is -0.743. The molecule has 0 spiro atoms. The Morgan fingerprint density at radius 2 is 1.95 bits per heavy atom. The Labute approximate surface area is 328 Å². The van der Waals surface area contributed by atoms with Crippen molar-refractivity contribution in [3.63, 3.8) is 0 Å². The van der Waals surface area contributed by atoms with Gasteiger partial charge in [-0.2, -0.15) is 0 Å². The lowest BCUT2D eigenvalue weighted by Gasteiger charge is -2.35. The molecule has 6 bridgehead atoms. The van der Waals surface area contributed by atoms with Crippen molar-refractivity contribution in [3.8, 4) is 16.9 Å². The Morgan fingerprint density at radius 3 is 2.64 bits per heavy atom. The maximum atomic E-state index is 14.3. The summed E-state index contributed by atoms with van der Waals surface area (Å²) in [6.07, 6.45) is 5.07. The van der Waals surface area contributed by atoms with Gasteiger partial charge in [-0.15, -0.1) is 0 Å². The molecule has 12 heteroatoms. The number of rotatable bonds is 8. The summed E-state index contributed by atoms with van der Waals surface area (Å²) in [6, 6.07) is 9.97. The number of methoxy groups -OCH3 is 1. The number of hydrazine groups is 1. The van der Waals surface area contributed by atoms with Crippen LogP contribution < -0.4 is 10.7 Å². The summed E-state index contributed by atoms with van der Waals surface area (Å²) in [7, 11) is 1.67. The van der Waals surface area contributed by atoms with Crippen molar-refractivity contribution < 1.29 is 33.7 Å². The Hall–Kier alpha value is -4.78. The molecule has 3 aromatic rings. The van der Waals surface area contributed by atoms with Crippen LogP contribution in [-0.2, 0) is 48.0 Å². The fourth-order valence-electron chi connectivity index (χ4n) is 8.88. The molecular weight excluding hydrogens is 711 g/mol. The highest BCUT2D eigenvalue weighted by Gasteiger charge is 2.58. The first-order chi connectivity index (χ1) is 26.9. The van der Waals surface area contributed by atoms with Gasteiger partial charge in [-0.1, -0.05) is 38.6 Å². The molecule has 7 rings (SSSR count). The topological polar surface area (TPSA) is 144 Å². The number of allylic oxidation sites excluding steroid dienone is 2. The molecule has 3 aliphatic heterocycles. The van der Waals surface area contributed by atoms with Crippen LogP contribution in [0.15, 0.2) is 59.7 Å². The number of amides is 2. The van der Waals surface area contributed by atoms with Crippen molar-refractivity contribution in [2.45, 2.75) is 85.0 Å². The van der Waals surface area contributed by atoms with Gasteiger partial charge in [-0.05, 0) is 98.4 Å². The molecule has 1 aromatic heterocycles. The fourth-order valence-corrected chi connectivity index (χ4v) is 8.88. The van der Waals surface area contributed by atoms with E-state index in [9.17, 15) is 19.5 Å². The molecular formula is C44H55N5O7. The van der Waals surface area contributed by atoms with Gasteiger partial charge in [-0.25, -0.2) is 5.43 Å². The van der Waals surface area contributed by atoms with Crippen LogP contribution in [-0.4, -0.2) is 90.3 Å². The predicted octanol–water partition coefficient (Wildman–Crippen LogP) is 5.60. The second-order valence-electron chi connectivity index (χ2n) is 16.4. The molecule has 3 N–H and O–H groups in total. The molecule has 56 heavy (non-hydrogen) atoms. The molecule has 4 heterocycles. The number of phenolic OH excluding ortho intramolecular Hbond substituents is 1. The number of nitrogens with zero attached hydrogens (tertiary/aromatic N) is 3. The maximum absolute atomic E-state index is 14.3. The number of aryl methyl sites for hydroxylation is 1. The molecule has 12 nitrogen and oxygen atoms in total. The van der Waals surface area contributed by atoms with Gasteiger partial charge in [0.15, 0.2) is 0 Å². The highest BCUT2D eigenvalue weighted by Crippen LogP contribution is 2.51. The Kier molecular flexibility index (Phi) is 11.3. The number of aromatic hydroxyl groups is 1. The number of esters is 1. The van der Waals surface area contributed by atoms with Gasteiger partial charge in [0.2, 0.25) is 5.91 Å². The van der Waals surface area contributed by atoms with Crippen molar-refractivity contribution in [3.05, 3.63) is 71.6 Å². The van der Waals surface area contributed by atoms with Crippen LogP contribution in [0, 0.1) is 23.2 Å². The summed E-state index contributed by atoms with van der Waals surface area (Å²) in [5.41, 5.74) is 9.61. The van der Waals surface area contributed by atoms with Crippen LogP contribution >= 0.6 is 0 Å². The first-order valence-corrected chi connectivity index (χ1v) is 19.9. The smallest absolute Gasteiger partial charge is 0.324 e. The van der Waals surface area contributed by atoms with E-state index in [4.69, 9.17) is 19.2 Å². The molecule has 1 aliphatic carbocycles. The maximum Gasteiger partial charge on any atom is 0.324 e. The second kappa shape index (κ2) is 16.0. The molecule has 0 radical (unpaired) electrons. The number of nitrogens with one attached hydrogen (secondary N) is 2. The van der Waals surface area contributed by atoms with Gasteiger partial charge in [0.1, 0.15) is 17.8 Å². The number of phenols is 1. The Bertz CT molecular complexity index is 2090. The first-order valence-electron chi connectivity index (χ1n) is 19.9. The zero-order valence-corrected chi connectivity index (χ0v) is 33.4. The average molecular weight is 766 g/mol. The normalized spacial score (nSPS) is 26.0. The van der Waals surface area contributed by atoms with E-state index in [0.29, 0.717) is 51.1 Å². The molecule has 4 aliphatic rings. The quantitative estimate of drug-likeness (QED) is 0.153. The van der Waals surface area contributed by atoms with Crippen molar-refractivity contribution in [2.24, 2.45) is 28.2 Å². The number of aromatic nitrogens is 1. The molecule has 6 atom stereocenters. The summed E-state index contributed by atoms with van der Waals surface area (Å²) in [5, 5.41) is 16.7. The largest absolute Gasteiger partial charge is 0.508 e. The van der Waals surface area contributed by atoms with E-state index in [1.54, 1.807) is 25.5 Å². The minimum Gasteiger partial charge on any atom is -0.508 e. The van der Waals surface area contributed by atoms with E-state index < -0.39 is 23.5 Å². The van der Waals surface area contributed by atoms with Gasteiger partial charge in [0, 0.05) is 60.6 Å². The lowest BCUT2D eigenvalue weighted by Crippen LogP contribution is -2.60. The van der Waals surface area contributed by atoms with Gasteiger partial charge in [0.25, 0.3) is 5.91 Å². The Morgan fingerprint density at radius 1 is 1.18 bits per heavy atom. The Balaban J connectivity index is 1.38. The number of hydrogen-bond acceptors (Lipinski definition) is 9. The number of ether oxygens (including phenoxy) is 3. The van der Waals surface area contributed by atoms with Gasteiger partial charge in [-0.3, -0.25) is 24.4 Å². The van der Waals surface area contributed by atoms with E-state index in [1.165, 1.54) is 5.01 Å². The lowest BCUT2D eigenvalue weighted by molar-refractivity contribution is -0.155. The van der Waals surface area contributed by atoms with Crippen LogP contribution in [0.1, 0.15) is 64.3 Å². The van der Waals surface area contributed by atoms with Crippen molar-refractivity contribution in [1.82, 2.24) is 20.3 Å². The summed E-state index contributed by atoms with van der Waals surface area (Å²) in [4.78, 5) is 46.4. The van der Waals surface area contributed by atoms with Crippen molar-refractivity contribution in [2.75, 3.05) is 33.5 Å². The summed E-state index contributed by atoms with van der Waals surface area (Å²) < 4.78 is 19.7.